The Morgan fingerprint density at radius 3 is 2.50 bits per heavy atom. The Kier molecular flexibility index (Phi) is 5.41. The van der Waals surface area contributed by atoms with Gasteiger partial charge in [-0.1, -0.05) is 6.07 Å². The number of hydrogen-bond donors (Lipinski definition) is 4. The number of H-pyrrole nitrogens is 1. The topological polar surface area (TPSA) is 103 Å². The maximum atomic E-state index is 9.88. The van der Waals surface area contributed by atoms with E-state index in [-0.39, 0.29) is 11.9 Å². The summed E-state index contributed by atoms with van der Waals surface area (Å²) in [4.78, 5) is 12.4. The van der Waals surface area contributed by atoms with E-state index in [1.54, 1.807) is 18.3 Å². The van der Waals surface area contributed by atoms with Crippen LogP contribution in [0.5, 0.6) is 11.5 Å². The number of aromatic amines is 1. The maximum Gasteiger partial charge on any atom is 0.161 e. The van der Waals surface area contributed by atoms with Crippen molar-refractivity contribution in [3.8, 4) is 33.8 Å². The quantitative estimate of drug-likeness (QED) is 0.365. The molecule has 1 saturated carbocycles. The molecular weight excluding hydrogens is 404 g/mol. The third-order valence-electron chi connectivity index (χ3n) is 6.17. The average molecular weight is 431 g/mol. The van der Waals surface area contributed by atoms with Gasteiger partial charge in [-0.05, 0) is 61.6 Å². The van der Waals surface area contributed by atoms with Gasteiger partial charge < -0.3 is 25.3 Å². The summed E-state index contributed by atoms with van der Waals surface area (Å²) in [6, 6.07) is 11.8. The number of aromatic nitrogens is 3. The molecule has 0 aliphatic heterocycles. The van der Waals surface area contributed by atoms with Gasteiger partial charge in [0.15, 0.2) is 11.5 Å². The van der Waals surface area contributed by atoms with Crippen LogP contribution in [0.25, 0.3) is 33.3 Å². The van der Waals surface area contributed by atoms with E-state index in [4.69, 9.17) is 4.74 Å². The van der Waals surface area contributed by atoms with Gasteiger partial charge in [0.2, 0.25) is 0 Å². The van der Waals surface area contributed by atoms with E-state index >= 15 is 0 Å². The lowest BCUT2D eigenvalue weighted by Gasteiger charge is -2.26. The minimum Gasteiger partial charge on any atom is -0.504 e. The number of aromatic hydroxyl groups is 1. The average Bonchev–Trinajstić information content (AvgIpc) is 3.25. The Bertz CT molecular complexity index is 1230. The number of rotatable bonds is 5. The molecule has 3 aromatic heterocycles. The summed E-state index contributed by atoms with van der Waals surface area (Å²) >= 11 is 0. The minimum absolute atomic E-state index is 0.108. The summed E-state index contributed by atoms with van der Waals surface area (Å²) < 4.78 is 5.24. The van der Waals surface area contributed by atoms with E-state index in [1.165, 1.54) is 7.11 Å². The molecule has 7 nitrogen and oxygen atoms in total. The van der Waals surface area contributed by atoms with E-state index in [2.05, 4.69) is 32.4 Å². The second-order valence-corrected chi connectivity index (χ2v) is 8.29. The van der Waals surface area contributed by atoms with E-state index in [0.29, 0.717) is 11.8 Å². The van der Waals surface area contributed by atoms with Crippen LogP contribution in [0.15, 0.2) is 55.0 Å². The monoisotopic (exact) mass is 430 g/mol. The van der Waals surface area contributed by atoms with E-state index in [9.17, 15) is 10.2 Å². The summed E-state index contributed by atoms with van der Waals surface area (Å²) in [5.41, 5.74) is 4.68. The fraction of sp³-hybridized carbons (Fsp3) is 0.280. The summed E-state index contributed by atoms with van der Waals surface area (Å²) in [5.74, 6) is 1.39. The zero-order valence-corrected chi connectivity index (χ0v) is 17.9. The molecule has 3 heterocycles. The van der Waals surface area contributed by atoms with E-state index < -0.39 is 0 Å². The molecular formula is C25H26N4O3. The van der Waals surface area contributed by atoms with Crippen molar-refractivity contribution < 1.29 is 14.9 Å². The lowest BCUT2D eigenvalue weighted by atomic mass is 9.93. The number of ether oxygens (including phenoxy) is 1. The van der Waals surface area contributed by atoms with Crippen LogP contribution in [0.3, 0.4) is 0 Å². The Morgan fingerprint density at radius 1 is 0.969 bits per heavy atom. The van der Waals surface area contributed by atoms with Gasteiger partial charge in [-0.25, -0.2) is 9.97 Å². The number of hydrogen-bond acceptors (Lipinski definition) is 6. The predicted molar refractivity (Wildman–Crippen MR) is 125 cm³/mol. The first-order valence-corrected chi connectivity index (χ1v) is 10.9. The SMILES string of the molecule is COc1cc(-c2cnc3[nH]cc(-c4ccc(N[C@H]5CC[C@H](O)CC5)nc4)c3c2)ccc1O. The summed E-state index contributed by atoms with van der Waals surface area (Å²) in [5, 5.41) is 24.0. The number of anilines is 1. The number of nitrogens with one attached hydrogen (secondary N) is 2. The van der Waals surface area contributed by atoms with Crippen LogP contribution in [0, 0.1) is 0 Å². The third-order valence-corrected chi connectivity index (χ3v) is 6.17. The second-order valence-electron chi connectivity index (χ2n) is 8.29. The van der Waals surface area contributed by atoms with Gasteiger partial charge in [0.1, 0.15) is 11.5 Å². The van der Waals surface area contributed by atoms with Crippen LogP contribution in [-0.2, 0) is 0 Å². The smallest absolute Gasteiger partial charge is 0.161 e. The predicted octanol–water partition coefficient (Wildman–Crippen LogP) is 4.72. The molecule has 1 aliphatic carbocycles. The molecule has 0 bridgehead atoms. The molecule has 1 fully saturated rings. The van der Waals surface area contributed by atoms with Gasteiger partial charge >= 0.3 is 0 Å². The summed E-state index contributed by atoms with van der Waals surface area (Å²) in [7, 11) is 1.54. The maximum absolute atomic E-state index is 9.88. The van der Waals surface area contributed by atoms with Crippen LogP contribution in [0.1, 0.15) is 25.7 Å². The lowest BCUT2D eigenvalue weighted by Crippen LogP contribution is -2.28. The Balaban J connectivity index is 1.41. The van der Waals surface area contributed by atoms with Crippen molar-refractivity contribution in [2.45, 2.75) is 37.8 Å². The highest BCUT2D eigenvalue weighted by atomic mass is 16.5. The molecule has 1 aromatic carbocycles. The zero-order chi connectivity index (χ0) is 22.1. The molecule has 0 radical (unpaired) electrons. The summed E-state index contributed by atoms with van der Waals surface area (Å²) in [6.07, 6.45) is 9.07. The van der Waals surface area contributed by atoms with Gasteiger partial charge in [0.25, 0.3) is 0 Å². The van der Waals surface area contributed by atoms with Gasteiger partial charge in [-0.2, -0.15) is 0 Å². The third kappa shape index (κ3) is 3.99. The van der Waals surface area contributed by atoms with E-state index in [0.717, 1.165) is 64.8 Å². The fourth-order valence-corrected chi connectivity index (χ4v) is 4.33. The molecule has 0 unspecified atom stereocenters. The van der Waals surface area contributed by atoms with Crippen molar-refractivity contribution >= 4 is 16.9 Å². The number of methoxy groups -OCH3 is 1. The number of aliphatic hydroxyl groups excluding tert-OH is 1. The molecule has 5 rings (SSSR count). The molecule has 0 atom stereocenters. The van der Waals surface area contributed by atoms with Crippen molar-refractivity contribution in [2.24, 2.45) is 0 Å². The van der Waals surface area contributed by atoms with Gasteiger partial charge in [-0.3, -0.25) is 0 Å². The first-order valence-electron chi connectivity index (χ1n) is 10.9. The summed E-state index contributed by atoms with van der Waals surface area (Å²) in [6.45, 7) is 0. The Labute approximate surface area is 186 Å². The van der Waals surface area contributed by atoms with Crippen LogP contribution in [-0.4, -0.2) is 44.4 Å². The molecule has 4 aromatic rings. The molecule has 0 spiro atoms. The highest BCUT2D eigenvalue weighted by molar-refractivity contribution is 5.95. The number of phenolic OH excluding ortho intramolecular Hbond substituents is 1. The van der Waals surface area contributed by atoms with Crippen LogP contribution >= 0.6 is 0 Å². The van der Waals surface area contributed by atoms with Crippen molar-refractivity contribution in [3.05, 3.63) is 55.0 Å². The number of phenols is 1. The van der Waals surface area contributed by atoms with Crippen LogP contribution in [0.2, 0.25) is 0 Å². The largest absolute Gasteiger partial charge is 0.504 e. The highest BCUT2D eigenvalue weighted by Gasteiger charge is 2.19. The van der Waals surface area contributed by atoms with Crippen molar-refractivity contribution in [2.75, 3.05) is 12.4 Å². The number of fused-ring (bicyclic) bond motifs is 1. The van der Waals surface area contributed by atoms with Gasteiger partial charge in [-0.15, -0.1) is 0 Å². The van der Waals surface area contributed by atoms with Crippen LogP contribution < -0.4 is 10.1 Å². The molecule has 32 heavy (non-hydrogen) atoms. The number of aliphatic hydroxyl groups is 1. The Hall–Kier alpha value is -3.58. The molecule has 164 valence electrons. The van der Waals surface area contributed by atoms with Gasteiger partial charge in [0.05, 0.1) is 13.2 Å². The Morgan fingerprint density at radius 2 is 1.75 bits per heavy atom. The molecule has 4 N–H and O–H groups in total. The molecule has 0 saturated heterocycles. The highest BCUT2D eigenvalue weighted by Crippen LogP contribution is 2.34. The number of benzene rings is 1. The first-order chi connectivity index (χ1) is 15.6. The number of pyridine rings is 2. The normalized spacial score (nSPS) is 18.6. The first kappa shape index (κ1) is 20.3. The van der Waals surface area contributed by atoms with Crippen molar-refractivity contribution in [1.82, 2.24) is 15.0 Å². The molecule has 7 heteroatoms. The van der Waals surface area contributed by atoms with Gasteiger partial charge in [0, 0.05) is 46.7 Å². The zero-order valence-electron chi connectivity index (χ0n) is 17.9. The number of nitrogens with zero attached hydrogens (tertiary/aromatic N) is 2. The fourth-order valence-electron chi connectivity index (χ4n) is 4.33. The van der Waals surface area contributed by atoms with Crippen LogP contribution in [0.4, 0.5) is 5.82 Å². The molecule has 1 aliphatic rings. The standard InChI is InChI=1S/C25H26N4O3/c1-32-23-11-15(2-8-22(23)31)17-10-20-21(14-28-25(20)27-13-17)16-3-9-24(26-12-16)29-18-4-6-19(30)7-5-18/h2-3,8-14,18-19,30-31H,4-7H2,1H3,(H,26,29)(H,27,28)/t18-,19-. The second kappa shape index (κ2) is 8.51. The van der Waals surface area contributed by atoms with Crippen molar-refractivity contribution in [1.29, 1.82) is 0 Å². The van der Waals surface area contributed by atoms with Crippen molar-refractivity contribution in [3.63, 3.8) is 0 Å². The lowest BCUT2D eigenvalue weighted by molar-refractivity contribution is 0.126. The van der Waals surface area contributed by atoms with E-state index in [1.807, 2.05) is 24.5 Å². The minimum atomic E-state index is -0.161. The molecule has 0 amide bonds.